The molecule has 2 aromatic rings. The minimum atomic E-state index is -0.474. The molecule has 1 amide bonds. The second-order valence-electron chi connectivity index (χ2n) is 8.71. The van der Waals surface area contributed by atoms with Crippen LogP contribution in [-0.4, -0.2) is 59.7 Å². The number of nitrogens with one attached hydrogen (secondary N) is 1. The van der Waals surface area contributed by atoms with Crippen molar-refractivity contribution in [2.24, 2.45) is 0 Å². The van der Waals surface area contributed by atoms with Crippen molar-refractivity contribution in [1.82, 2.24) is 20.2 Å². The van der Waals surface area contributed by atoms with E-state index in [1.165, 1.54) is 10.9 Å². The minimum Gasteiger partial charge on any atom is -0.477 e. The van der Waals surface area contributed by atoms with E-state index in [2.05, 4.69) is 26.8 Å². The van der Waals surface area contributed by atoms with Gasteiger partial charge in [0.05, 0.1) is 17.9 Å². The lowest BCUT2D eigenvalue weighted by molar-refractivity contribution is -0.0553. The number of ether oxygens (including phenoxy) is 2. The second-order valence-corrected chi connectivity index (χ2v) is 9.82. The monoisotopic (exact) mass is 522 g/mol. The Bertz CT molecular complexity index is 1210. The van der Waals surface area contributed by atoms with Crippen LogP contribution in [0.15, 0.2) is 43.1 Å². The molecule has 0 saturated carbocycles. The maximum Gasteiger partial charge on any atom is 0.270 e. The van der Waals surface area contributed by atoms with Crippen molar-refractivity contribution in [1.29, 1.82) is 5.26 Å². The lowest BCUT2D eigenvalue weighted by Gasteiger charge is -2.40. The molecule has 9 nitrogen and oxygen atoms in total. The molecule has 3 N–H and O–H groups in total. The zero-order valence-corrected chi connectivity index (χ0v) is 22.4. The number of carbonyl (C=O) groups excluding carboxylic acids is 1. The van der Waals surface area contributed by atoms with E-state index in [-0.39, 0.29) is 22.8 Å². The molecule has 0 aromatic carbocycles. The number of piperidine rings is 1. The highest BCUT2D eigenvalue weighted by Crippen LogP contribution is 2.29. The van der Waals surface area contributed by atoms with Crippen LogP contribution >= 0.6 is 11.3 Å². The van der Waals surface area contributed by atoms with Gasteiger partial charge in [0.15, 0.2) is 0 Å². The fourth-order valence-corrected chi connectivity index (χ4v) is 4.92. The molecular weight excluding hydrogens is 488 g/mol. The number of nitrogen functional groups attached to an aromatic ring is 1. The van der Waals surface area contributed by atoms with Crippen molar-refractivity contribution < 1.29 is 14.3 Å². The summed E-state index contributed by atoms with van der Waals surface area (Å²) in [7, 11) is 1.68. The maximum absolute atomic E-state index is 12.8. The molecule has 0 spiro atoms. The molecule has 0 radical (unpaired) electrons. The molecule has 3 rings (SSSR count). The Morgan fingerprint density at radius 3 is 2.81 bits per heavy atom. The average molecular weight is 523 g/mol. The molecule has 3 heterocycles. The number of carbonyl (C=O) groups is 1. The number of nitrogens with two attached hydrogens (primary N) is 1. The fraction of sp³-hybridized carbons (Fsp3) is 0.407. The number of allylic oxidation sites excluding steroid dienone is 5. The molecule has 1 aliphatic rings. The van der Waals surface area contributed by atoms with Gasteiger partial charge in [0.2, 0.25) is 5.88 Å². The number of likely N-dealkylation sites (tertiary alicyclic amines) is 1. The maximum atomic E-state index is 12.8. The van der Waals surface area contributed by atoms with E-state index in [1.54, 1.807) is 25.4 Å². The third kappa shape index (κ3) is 7.26. The summed E-state index contributed by atoms with van der Waals surface area (Å²) in [5.74, 6) is -0.328. The third-order valence-corrected chi connectivity index (χ3v) is 7.28. The van der Waals surface area contributed by atoms with E-state index in [0.717, 1.165) is 43.1 Å². The van der Waals surface area contributed by atoms with Crippen LogP contribution in [0.5, 0.6) is 5.88 Å². The first-order valence-electron chi connectivity index (χ1n) is 12.2. The highest BCUT2D eigenvalue weighted by atomic mass is 32.1. The van der Waals surface area contributed by atoms with Gasteiger partial charge in [0.25, 0.3) is 5.91 Å². The SMILES string of the molecule is C=C(/C=C\C=C/C)c1ncc(CN2CCC(CNC(=O)c3cc(N)c(C#N)c(OCC)n3)(OC)CC2)s1. The van der Waals surface area contributed by atoms with Gasteiger partial charge in [-0.3, -0.25) is 9.69 Å². The lowest BCUT2D eigenvalue weighted by atomic mass is 9.90. The third-order valence-electron chi connectivity index (χ3n) is 6.22. The van der Waals surface area contributed by atoms with Crippen LogP contribution in [0.2, 0.25) is 0 Å². The number of aromatic nitrogens is 2. The normalized spacial score (nSPS) is 15.6. The Labute approximate surface area is 222 Å². The molecule has 1 aliphatic heterocycles. The summed E-state index contributed by atoms with van der Waals surface area (Å²) in [6, 6.07) is 3.37. The van der Waals surface area contributed by atoms with Crippen LogP contribution in [0, 0.1) is 11.3 Å². The number of nitrogens with zero attached hydrogens (tertiary/aromatic N) is 4. The highest BCUT2D eigenvalue weighted by Gasteiger charge is 2.35. The average Bonchev–Trinajstić information content (AvgIpc) is 3.37. The van der Waals surface area contributed by atoms with E-state index in [4.69, 9.17) is 15.2 Å². The molecule has 0 unspecified atom stereocenters. The first-order chi connectivity index (χ1) is 17.8. The molecular formula is C27H34N6O3S. The van der Waals surface area contributed by atoms with Crippen LogP contribution in [0.1, 0.15) is 52.6 Å². The molecule has 1 saturated heterocycles. The van der Waals surface area contributed by atoms with Crippen LogP contribution in [-0.2, 0) is 11.3 Å². The van der Waals surface area contributed by atoms with Gasteiger partial charge >= 0.3 is 0 Å². The summed E-state index contributed by atoms with van der Waals surface area (Å²) < 4.78 is 11.3. The van der Waals surface area contributed by atoms with Crippen LogP contribution in [0.3, 0.4) is 0 Å². The molecule has 0 bridgehead atoms. The number of pyridine rings is 1. The van der Waals surface area contributed by atoms with Crippen molar-refractivity contribution in [2.75, 3.05) is 39.1 Å². The number of nitriles is 1. The zero-order chi connectivity index (χ0) is 26.8. The standard InChI is InChI=1S/C27H34N6O3S/c1-5-7-8-9-19(3)26-30-16-20(37-26)17-33-12-10-27(35-4,11-13-33)18-31-24(34)23-14-22(29)21(15-28)25(32-23)36-6-2/h5,7-9,14,16H,3,6,10-13,17-18H2,1-2,4H3,(H2,29,32)(H,31,34)/b7-5-,9-8-. The Balaban J connectivity index is 1.56. The zero-order valence-electron chi connectivity index (χ0n) is 21.6. The van der Waals surface area contributed by atoms with E-state index in [1.807, 2.05) is 43.5 Å². The molecule has 1 fully saturated rings. The summed E-state index contributed by atoms with van der Waals surface area (Å²) in [6.07, 6.45) is 11.3. The first kappa shape index (κ1) is 28.1. The van der Waals surface area contributed by atoms with E-state index in [0.29, 0.717) is 13.2 Å². The van der Waals surface area contributed by atoms with Crippen molar-refractivity contribution in [3.63, 3.8) is 0 Å². The van der Waals surface area contributed by atoms with Crippen molar-refractivity contribution in [3.8, 4) is 11.9 Å². The van der Waals surface area contributed by atoms with Crippen molar-refractivity contribution in [3.05, 3.63) is 64.3 Å². The van der Waals surface area contributed by atoms with Crippen molar-refractivity contribution in [2.45, 2.75) is 38.8 Å². The van der Waals surface area contributed by atoms with E-state index in [9.17, 15) is 10.1 Å². The number of amides is 1. The van der Waals surface area contributed by atoms with Gasteiger partial charge < -0.3 is 20.5 Å². The summed E-state index contributed by atoms with van der Waals surface area (Å²) in [5.41, 5.74) is 6.76. The molecule has 0 atom stereocenters. The quantitative estimate of drug-likeness (QED) is 0.425. The lowest BCUT2D eigenvalue weighted by Crippen LogP contribution is -2.51. The van der Waals surface area contributed by atoms with Crippen molar-refractivity contribution >= 4 is 28.5 Å². The Kier molecular flexibility index (Phi) is 9.97. The number of anilines is 1. The minimum absolute atomic E-state index is 0.0635. The van der Waals surface area contributed by atoms with Crippen LogP contribution in [0.4, 0.5) is 5.69 Å². The summed E-state index contributed by atoms with van der Waals surface area (Å²) in [4.78, 5) is 25.1. The number of rotatable bonds is 11. The highest BCUT2D eigenvalue weighted by molar-refractivity contribution is 7.12. The summed E-state index contributed by atoms with van der Waals surface area (Å²) in [6.45, 7) is 11.0. The molecule has 37 heavy (non-hydrogen) atoms. The van der Waals surface area contributed by atoms with Crippen LogP contribution in [0.25, 0.3) is 5.57 Å². The van der Waals surface area contributed by atoms with Gasteiger partial charge in [0, 0.05) is 49.9 Å². The van der Waals surface area contributed by atoms with Gasteiger partial charge in [-0.05, 0) is 32.8 Å². The number of methoxy groups -OCH3 is 1. The molecule has 196 valence electrons. The molecule has 10 heteroatoms. The summed E-state index contributed by atoms with van der Waals surface area (Å²) >= 11 is 1.65. The number of hydrogen-bond donors (Lipinski definition) is 2. The second kappa shape index (κ2) is 13.1. The molecule has 2 aromatic heterocycles. The summed E-state index contributed by atoms with van der Waals surface area (Å²) in [5, 5.41) is 13.1. The Morgan fingerprint density at radius 2 is 2.16 bits per heavy atom. The first-order valence-corrected chi connectivity index (χ1v) is 13.0. The van der Waals surface area contributed by atoms with Gasteiger partial charge in [0.1, 0.15) is 22.3 Å². The van der Waals surface area contributed by atoms with E-state index < -0.39 is 11.5 Å². The number of hydrogen-bond acceptors (Lipinski definition) is 9. The van der Waals surface area contributed by atoms with E-state index >= 15 is 0 Å². The predicted molar refractivity (Wildman–Crippen MR) is 146 cm³/mol. The van der Waals surface area contributed by atoms with Gasteiger partial charge in [-0.25, -0.2) is 9.97 Å². The van der Waals surface area contributed by atoms with Crippen LogP contribution < -0.4 is 15.8 Å². The largest absolute Gasteiger partial charge is 0.477 e. The van der Waals surface area contributed by atoms with Gasteiger partial charge in [-0.2, -0.15) is 5.26 Å². The smallest absolute Gasteiger partial charge is 0.270 e. The van der Waals surface area contributed by atoms with Gasteiger partial charge in [-0.15, -0.1) is 11.3 Å². The number of thiazole rings is 1. The fourth-order valence-electron chi connectivity index (χ4n) is 4.02. The Hall–Kier alpha value is -3.52. The topological polar surface area (TPSA) is 126 Å². The predicted octanol–water partition coefficient (Wildman–Crippen LogP) is 3.95. The van der Waals surface area contributed by atoms with Gasteiger partial charge in [-0.1, -0.05) is 30.9 Å². The molecule has 0 aliphatic carbocycles. The Morgan fingerprint density at radius 1 is 1.41 bits per heavy atom.